The van der Waals surface area contributed by atoms with Gasteiger partial charge in [-0.2, -0.15) is 0 Å². The Morgan fingerprint density at radius 1 is 1.64 bits per heavy atom. The monoisotopic (exact) mass is 296 g/mol. The van der Waals surface area contributed by atoms with Crippen molar-refractivity contribution in [3.05, 3.63) is 20.8 Å². The SMILES string of the molecule is CC(Br)C(=O)c1ccc(Br)s1. The van der Waals surface area contributed by atoms with Gasteiger partial charge < -0.3 is 0 Å². The van der Waals surface area contributed by atoms with E-state index in [1.807, 2.05) is 19.1 Å². The van der Waals surface area contributed by atoms with Crippen LogP contribution in [0.25, 0.3) is 0 Å². The molecule has 0 aliphatic heterocycles. The number of Topliss-reactive ketones (excluding diaryl/α,β-unsaturated/α-hetero) is 1. The molecular weight excluding hydrogens is 292 g/mol. The van der Waals surface area contributed by atoms with Crippen molar-refractivity contribution in [2.75, 3.05) is 0 Å². The topological polar surface area (TPSA) is 17.1 Å². The molecule has 11 heavy (non-hydrogen) atoms. The lowest BCUT2D eigenvalue weighted by molar-refractivity contribution is 0.0999. The van der Waals surface area contributed by atoms with E-state index in [4.69, 9.17) is 0 Å². The highest BCUT2D eigenvalue weighted by atomic mass is 79.9. The molecule has 0 saturated carbocycles. The number of hydrogen-bond donors (Lipinski definition) is 0. The first-order valence-electron chi connectivity index (χ1n) is 3.05. The average Bonchev–Trinajstić information content (AvgIpc) is 2.34. The lowest BCUT2D eigenvalue weighted by atomic mass is 10.3. The number of carbonyl (C=O) groups is 1. The maximum absolute atomic E-state index is 11.3. The normalized spacial score (nSPS) is 13.0. The van der Waals surface area contributed by atoms with E-state index in [1.165, 1.54) is 11.3 Å². The van der Waals surface area contributed by atoms with Gasteiger partial charge >= 0.3 is 0 Å². The number of halogens is 2. The van der Waals surface area contributed by atoms with Crippen molar-refractivity contribution in [2.24, 2.45) is 0 Å². The van der Waals surface area contributed by atoms with Gasteiger partial charge in [-0.25, -0.2) is 0 Å². The lowest BCUT2D eigenvalue weighted by Crippen LogP contribution is -2.07. The first-order chi connectivity index (χ1) is 5.11. The Morgan fingerprint density at radius 3 is 2.64 bits per heavy atom. The van der Waals surface area contributed by atoms with Crippen LogP contribution in [0.5, 0.6) is 0 Å². The van der Waals surface area contributed by atoms with Crippen LogP contribution < -0.4 is 0 Å². The summed E-state index contributed by atoms with van der Waals surface area (Å²) in [6, 6.07) is 3.71. The Labute approximate surface area is 86.1 Å². The van der Waals surface area contributed by atoms with Gasteiger partial charge in [-0.3, -0.25) is 4.79 Å². The highest BCUT2D eigenvalue weighted by molar-refractivity contribution is 9.11. The fourth-order valence-corrected chi connectivity index (χ4v) is 2.46. The van der Waals surface area contributed by atoms with Crippen molar-refractivity contribution in [1.29, 1.82) is 0 Å². The molecule has 0 bridgehead atoms. The molecule has 60 valence electrons. The highest BCUT2D eigenvalue weighted by Crippen LogP contribution is 2.24. The van der Waals surface area contributed by atoms with Gasteiger partial charge in [0.05, 0.1) is 13.5 Å². The number of rotatable bonds is 2. The quantitative estimate of drug-likeness (QED) is 0.603. The van der Waals surface area contributed by atoms with E-state index in [0.717, 1.165) is 8.66 Å². The predicted molar refractivity (Wildman–Crippen MR) is 54.7 cm³/mol. The maximum Gasteiger partial charge on any atom is 0.186 e. The second-order valence-corrected chi connectivity index (χ2v) is 5.92. The lowest BCUT2D eigenvalue weighted by Gasteiger charge is -1.96. The molecule has 4 heteroatoms. The number of carbonyl (C=O) groups excluding carboxylic acids is 1. The third-order valence-corrected chi connectivity index (χ3v) is 3.23. The minimum Gasteiger partial charge on any atom is -0.292 e. The van der Waals surface area contributed by atoms with E-state index >= 15 is 0 Å². The molecule has 0 aromatic carbocycles. The zero-order valence-electron chi connectivity index (χ0n) is 5.80. The number of ketones is 1. The molecule has 0 amide bonds. The first kappa shape index (κ1) is 9.42. The van der Waals surface area contributed by atoms with Gasteiger partial charge in [0.25, 0.3) is 0 Å². The Balaban J connectivity index is 2.85. The van der Waals surface area contributed by atoms with Crippen molar-refractivity contribution in [3.63, 3.8) is 0 Å². The van der Waals surface area contributed by atoms with Crippen molar-refractivity contribution < 1.29 is 4.79 Å². The maximum atomic E-state index is 11.3. The molecule has 0 aliphatic rings. The van der Waals surface area contributed by atoms with Crippen molar-refractivity contribution in [2.45, 2.75) is 11.8 Å². The Kier molecular flexibility index (Phi) is 3.28. The molecule has 0 spiro atoms. The van der Waals surface area contributed by atoms with Gasteiger partial charge in [0, 0.05) is 0 Å². The number of thiophene rings is 1. The fraction of sp³-hybridized carbons (Fsp3) is 0.286. The van der Waals surface area contributed by atoms with Crippen LogP contribution in [-0.4, -0.2) is 10.6 Å². The van der Waals surface area contributed by atoms with Crippen LogP contribution in [0, 0.1) is 0 Å². The van der Waals surface area contributed by atoms with E-state index in [0.29, 0.717) is 0 Å². The van der Waals surface area contributed by atoms with E-state index in [1.54, 1.807) is 0 Å². The van der Waals surface area contributed by atoms with Gasteiger partial charge in [0.15, 0.2) is 5.78 Å². The van der Waals surface area contributed by atoms with E-state index in [9.17, 15) is 4.79 Å². The Morgan fingerprint density at radius 2 is 2.27 bits per heavy atom. The van der Waals surface area contributed by atoms with Gasteiger partial charge in [-0.15, -0.1) is 11.3 Å². The summed E-state index contributed by atoms with van der Waals surface area (Å²) in [5, 5.41) is 0. The molecular formula is C7H6Br2OS. The Bertz CT molecular complexity index is 267. The zero-order valence-corrected chi connectivity index (χ0v) is 9.79. The van der Waals surface area contributed by atoms with Gasteiger partial charge in [-0.05, 0) is 35.0 Å². The zero-order chi connectivity index (χ0) is 8.43. The van der Waals surface area contributed by atoms with E-state index in [-0.39, 0.29) is 10.6 Å². The molecule has 0 radical (unpaired) electrons. The predicted octanol–water partition coefficient (Wildman–Crippen LogP) is 3.48. The van der Waals surface area contributed by atoms with Crippen molar-refractivity contribution in [3.8, 4) is 0 Å². The summed E-state index contributed by atoms with van der Waals surface area (Å²) in [4.78, 5) is 12.0. The molecule has 1 rings (SSSR count). The summed E-state index contributed by atoms with van der Waals surface area (Å²) >= 11 is 7.99. The molecule has 0 saturated heterocycles. The van der Waals surface area contributed by atoms with Crippen LogP contribution in [0.15, 0.2) is 15.9 Å². The third-order valence-electron chi connectivity index (χ3n) is 1.18. The first-order valence-corrected chi connectivity index (χ1v) is 5.57. The second-order valence-electron chi connectivity index (χ2n) is 2.08. The molecule has 0 N–H and O–H groups in total. The molecule has 1 atom stereocenters. The van der Waals surface area contributed by atoms with Crippen LogP contribution in [-0.2, 0) is 0 Å². The molecule has 1 nitrogen and oxygen atoms in total. The van der Waals surface area contributed by atoms with Crippen LogP contribution in [0.4, 0.5) is 0 Å². The minimum absolute atomic E-state index is 0.0898. The molecule has 1 heterocycles. The smallest absolute Gasteiger partial charge is 0.186 e. The summed E-state index contributed by atoms with van der Waals surface area (Å²) in [5.41, 5.74) is 0. The minimum atomic E-state index is -0.0898. The third kappa shape index (κ3) is 2.39. The van der Waals surface area contributed by atoms with Crippen LogP contribution in [0.2, 0.25) is 0 Å². The number of alkyl halides is 1. The summed E-state index contributed by atoms with van der Waals surface area (Å²) in [6.07, 6.45) is 0. The van der Waals surface area contributed by atoms with E-state index in [2.05, 4.69) is 31.9 Å². The summed E-state index contributed by atoms with van der Waals surface area (Å²) in [6.45, 7) is 1.83. The second kappa shape index (κ2) is 3.83. The van der Waals surface area contributed by atoms with Crippen LogP contribution in [0.1, 0.15) is 16.6 Å². The number of hydrogen-bond acceptors (Lipinski definition) is 2. The van der Waals surface area contributed by atoms with Gasteiger partial charge in [0.2, 0.25) is 0 Å². The molecule has 1 aromatic rings. The molecule has 1 unspecified atom stereocenters. The molecule has 0 aliphatic carbocycles. The van der Waals surface area contributed by atoms with Crippen molar-refractivity contribution in [1.82, 2.24) is 0 Å². The van der Waals surface area contributed by atoms with E-state index < -0.39 is 0 Å². The van der Waals surface area contributed by atoms with Gasteiger partial charge in [-0.1, -0.05) is 15.9 Å². The molecule has 0 fully saturated rings. The van der Waals surface area contributed by atoms with Crippen LogP contribution >= 0.6 is 43.2 Å². The standard InChI is InChI=1S/C7H6Br2OS/c1-4(8)7(10)5-2-3-6(9)11-5/h2-4H,1H3. The Hall–Kier alpha value is 0.330. The van der Waals surface area contributed by atoms with Gasteiger partial charge in [0.1, 0.15) is 0 Å². The average molecular weight is 298 g/mol. The molecule has 1 aromatic heterocycles. The highest BCUT2D eigenvalue weighted by Gasteiger charge is 2.13. The summed E-state index contributed by atoms with van der Waals surface area (Å²) < 4.78 is 0.994. The fourth-order valence-electron chi connectivity index (χ4n) is 0.643. The summed E-state index contributed by atoms with van der Waals surface area (Å²) in [7, 11) is 0. The van der Waals surface area contributed by atoms with Crippen LogP contribution in [0.3, 0.4) is 0 Å². The summed E-state index contributed by atoms with van der Waals surface area (Å²) in [5.74, 6) is 0.140. The largest absolute Gasteiger partial charge is 0.292 e. The van der Waals surface area contributed by atoms with Crippen molar-refractivity contribution >= 4 is 49.0 Å².